The molecular weight excluding hydrogens is 489 g/mol. The zero-order valence-electron chi connectivity index (χ0n) is 19.8. The molecule has 0 aliphatic rings. The summed E-state index contributed by atoms with van der Waals surface area (Å²) in [4.78, 5) is 27.5. The maximum atomic E-state index is 13.8. The lowest BCUT2D eigenvalue weighted by Crippen LogP contribution is -2.30. The molecule has 0 aliphatic carbocycles. The van der Waals surface area contributed by atoms with Crippen LogP contribution in [0.15, 0.2) is 60.7 Å². The van der Waals surface area contributed by atoms with Crippen molar-refractivity contribution in [1.82, 2.24) is 0 Å². The van der Waals surface area contributed by atoms with E-state index in [-0.39, 0.29) is 19.1 Å². The predicted molar refractivity (Wildman–Crippen MR) is 138 cm³/mol. The van der Waals surface area contributed by atoms with Crippen LogP contribution >= 0.6 is 23.2 Å². The first-order chi connectivity index (χ1) is 16.9. The minimum atomic E-state index is -0.427. The van der Waals surface area contributed by atoms with Crippen molar-refractivity contribution in [3.63, 3.8) is 0 Å². The molecule has 1 amide bonds. The molecule has 3 rings (SSSR count). The second-order valence-electron chi connectivity index (χ2n) is 7.45. The van der Waals surface area contributed by atoms with Gasteiger partial charge in [-0.25, -0.2) is 4.79 Å². The molecule has 0 radical (unpaired) electrons. The summed E-state index contributed by atoms with van der Waals surface area (Å²) in [6.45, 7) is 6.83. The Morgan fingerprint density at radius 3 is 1.94 bits per heavy atom. The maximum absolute atomic E-state index is 13.8. The number of benzene rings is 3. The summed E-state index contributed by atoms with van der Waals surface area (Å²) in [5.41, 5.74) is 2.07. The fourth-order valence-electron chi connectivity index (χ4n) is 3.44. The molecule has 0 N–H and O–H groups in total. The van der Waals surface area contributed by atoms with Crippen molar-refractivity contribution in [3.05, 3.63) is 87.4 Å². The molecule has 0 atom stereocenters. The van der Waals surface area contributed by atoms with Crippen LogP contribution in [0.5, 0.6) is 11.5 Å². The Labute approximate surface area is 215 Å². The van der Waals surface area contributed by atoms with Crippen LogP contribution in [0.3, 0.4) is 0 Å². The van der Waals surface area contributed by atoms with E-state index in [1.165, 1.54) is 0 Å². The topological polar surface area (TPSA) is 65.1 Å². The number of hydrogen-bond acceptors (Lipinski definition) is 5. The van der Waals surface area contributed by atoms with Gasteiger partial charge >= 0.3 is 5.97 Å². The largest absolute Gasteiger partial charge is 0.494 e. The zero-order valence-corrected chi connectivity index (χ0v) is 21.4. The summed E-state index contributed by atoms with van der Waals surface area (Å²) in [6, 6.07) is 16.9. The quantitative estimate of drug-likeness (QED) is 0.277. The Morgan fingerprint density at radius 2 is 1.40 bits per heavy atom. The summed E-state index contributed by atoms with van der Waals surface area (Å²) in [6.07, 6.45) is 0. The number of carbonyl (C=O) groups is 2. The van der Waals surface area contributed by atoms with Gasteiger partial charge < -0.3 is 19.1 Å². The van der Waals surface area contributed by atoms with Gasteiger partial charge in [0.05, 0.1) is 31.9 Å². The summed E-state index contributed by atoms with van der Waals surface area (Å²) in [7, 11) is 0. The normalized spacial score (nSPS) is 10.5. The van der Waals surface area contributed by atoms with Crippen molar-refractivity contribution in [2.75, 3.05) is 24.7 Å². The van der Waals surface area contributed by atoms with E-state index < -0.39 is 5.97 Å². The highest BCUT2D eigenvalue weighted by Crippen LogP contribution is 2.29. The van der Waals surface area contributed by atoms with E-state index >= 15 is 0 Å². The smallest absolute Gasteiger partial charge is 0.338 e. The lowest BCUT2D eigenvalue weighted by atomic mass is 10.1. The number of hydrogen-bond donors (Lipinski definition) is 0. The van der Waals surface area contributed by atoms with Crippen molar-refractivity contribution < 1.29 is 23.8 Å². The van der Waals surface area contributed by atoms with Crippen LogP contribution in [0.1, 0.15) is 47.1 Å². The average Bonchev–Trinajstić information content (AvgIpc) is 2.84. The molecule has 0 aromatic heterocycles. The molecule has 0 saturated heterocycles. The first-order valence-corrected chi connectivity index (χ1v) is 12.1. The van der Waals surface area contributed by atoms with Gasteiger partial charge in [-0.2, -0.15) is 0 Å². The number of rotatable bonds is 10. The minimum Gasteiger partial charge on any atom is -0.494 e. The van der Waals surface area contributed by atoms with E-state index in [2.05, 4.69) is 0 Å². The summed E-state index contributed by atoms with van der Waals surface area (Å²) in [5, 5.41) is 0.942. The van der Waals surface area contributed by atoms with E-state index in [1.807, 2.05) is 13.8 Å². The van der Waals surface area contributed by atoms with Crippen molar-refractivity contribution in [2.24, 2.45) is 0 Å². The van der Waals surface area contributed by atoms with Gasteiger partial charge in [-0.05, 0) is 74.9 Å². The predicted octanol–water partition coefficient (Wildman–Crippen LogP) is 6.81. The first kappa shape index (κ1) is 26.4. The Balaban J connectivity index is 2.04. The van der Waals surface area contributed by atoms with Gasteiger partial charge in [0, 0.05) is 27.4 Å². The lowest BCUT2D eigenvalue weighted by molar-refractivity contribution is 0.0526. The molecule has 0 aliphatic heterocycles. The molecule has 0 unspecified atom stereocenters. The molecular formula is C27H27Cl2NO5. The Kier molecular flexibility index (Phi) is 9.40. The van der Waals surface area contributed by atoms with Crippen LogP contribution in [0.2, 0.25) is 10.0 Å². The standard InChI is InChI=1S/C27H27Cl2NO5/c1-4-33-23-13-20(14-24(16-23)34-5-2)26(31)30(17-19-7-10-21(28)15-25(19)29)22-11-8-18(9-12-22)27(32)35-6-3/h7-16H,4-6,17H2,1-3H3. The highest BCUT2D eigenvalue weighted by Gasteiger charge is 2.22. The first-order valence-electron chi connectivity index (χ1n) is 11.3. The van der Waals surface area contributed by atoms with Gasteiger partial charge in [0.15, 0.2) is 0 Å². The van der Waals surface area contributed by atoms with Crippen molar-refractivity contribution in [1.29, 1.82) is 0 Å². The van der Waals surface area contributed by atoms with Crippen LogP contribution in [0.4, 0.5) is 5.69 Å². The summed E-state index contributed by atoms with van der Waals surface area (Å²) < 4.78 is 16.4. The van der Waals surface area contributed by atoms with E-state index in [0.717, 1.165) is 0 Å². The van der Waals surface area contributed by atoms with Crippen molar-refractivity contribution in [2.45, 2.75) is 27.3 Å². The summed E-state index contributed by atoms with van der Waals surface area (Å²) >= 11 is 12.5. The molecule has 184 valence electrons. The molecule has 0 saturated carbocycles. The fraction of sp³-hybridized carbons (Fsp3) is 0.259. The van der Waals surface area contributed by atoms with Crippen molar-refractivity contribution in [3.8, 4) is 11.5 Å². The number of nitrogens with zero attached hydrogens (tertiary/aromatic N) is 1. The maximum Gasteiger partial charge on any atom is 0.338 e. The fourth-order valence-corrected chi connectivity index (χ4v) is 3.91. The van der Waals surface area contributed by atoms with Crippen LogP contribution in [0, 0.1) is 0 Å². The van der Waals surface area contributed by atoms with Gasteiger partial charge in [0.1, 0.15) is 11.5 Å². The molecule has 6 nitrogen and oxygen atoms in total. The molecule has 8 heteroatoms. The highest BCUT2D eigenvalue weighted by molar-refractivity contribution is 6.35. The number of amides is 1. The zero-order chi connectivity index (χ0) is 25.4. The monoisotopic (exact) mass is 515 g/mol. The highest BCUT2D eigenvalue weighted by atomic mass is 35.5. The third-order valence-electron chi connectivity index (χ3n) is 5.03. The second-order valence-corrected chi connectivity index (χ2v) is 8.30. The Hall–Kier alpha value is -3.22. The Morgan fingerprint density at radius 1 is 0.771 bits per heavy atom. The van der Waals surface area contributed by atoms with E-state index in [0.29, 0.717) is 57.1 Å². The minimum absolute atomic E-state index is 0.177. The van der Waals surface area contributed by atoms with E-state index in [4.69, 9.17) is 37.4 Å². The lowest BCUT2D eigenvalue weighted by Gasteiger charge is -2.24. The number of halogens is 2. The van der Waals surface area contributed by atoms with Gasteiger partial charge in [-0.1, -0.05) is 29.3 Å². The van der Waals surface area contributed by atoms with Crippen LogP contribution in [-0.2, 0) is 11.3 Å². The third-order valence-corrected chi connectivity index (χ3v) is 5.61. The third kappa shape index (κ3) is 6.90. The molecule has 3 aromatic carbocycles. The van der Waals surface area contributed by atoms with Crippen LogP contribution in [-0.4, -0.2) is 31.7 Å². The molecule has 0 fully saturated rings. The number of anilines is 1. The van der Waals surface area contributed by atoms with Gasteiger partial charge in [-0.15, -0.1) is 0 Å². The SMILES string of the molecule is CCOC(=O)c1ccc(N(Cc2ccc(Cl)cc2Cl)C(=O)c2cc(OCC)cc(OCC)c2)cc1. The van der Waals surface area contributed by atoms with E-state index in [9.17, 15) is 9.59 Å². The molecule has 35 heavy (non-hydrogen) atoms. The van der Waals surface area contributed by atoms with Crippen LogP contribution in [0.25, 0.3) is 0 Å². The van der Waals surface area contributed by atoms with Gasteiger partial charge in [-0.3, -0.25) is 4.79 Å². The molecule has 0 bridgehead atoms. The van der Waals surface area contributed by atoms with E-state index in [1.54, 1.807) is 72.5 Å². The second kappa shape index (κ2) is 12.5. The Bertz CT molecular complexity index is 1160. The van der Waals surface area contributed by atoms with Gasteiger partial charge in [0.2, 0.25) is 0 Å². The van der Waals surface area contributed by atoms with Gasteiger partial charge in [0.25, 0.3) is 5.91 Å². The summed E-state index contributed by atoms with van der Waals surface area (Å²) in [5.74, 6) is 0.346. The number of carbonyl (C=O) groups excluding carboxylic acids is 2. The molecule has 0 heterocycles. The molecule has 3 aromatic rings. The number of ether oxygens (including phenoxy) is 3. The average molecular weight is 516 g/mol. The van der Waals surface area contributed by atoms with Crippen molar-refractivity contribution >= 4 is 40.8 Å². The molecule has 0 spiro atoms. The van der Waals surface area contributed by atoms with Crippen LogP contribution < -0.4 is 14.4 Å². The number of esters is 1.